The zero-order valence-electron chi connectivity index (χ0n) is 19.5. The Balaban J connectivity index is 1.34. The van der Waals surface area contributed by atoms with E-state index in [1.807, 2.05) is 29.2 Å². The highest BCUT2D eigenvalue weighted by molar-refractivity contribution is 5.64. The molecule has 33 heavy (non-hydrogen) atoms. The van der Waals surface area contributed by atoms with E-state index in [1.165, 1.54) is 0 Å². The Morgan fingerprint density at radius 1 is 0.909 bits per heavy atom. The zero-order chi connectivity index (χ0) is 23.8. The van der Waals surface area contributed by atoms with Crippen LogP contribution in [0.2, 0.25) is 0 Å². The number of unbranched alkanes of at least 4 members (excludes halogenated alkanes) is 2. The van der Waals surface area contributed by atoms with Gasteiger partial charge in [-0.15, -0.1) is 0 Å². The lowest BCUT2D eigenvalue weighted by Crippen LogP contribution is -2.64. The summed E-state index contributed by atoms with van der Waals surface area (Å²) in [6.45, 7) is 3.71. The Morgan fingerprint density at radius 3 is 2.15 bits per heavy atom. The first-order chi connectivity index (χ1) is 15.9. The van der Waals surface area contributed by atoms with Crippen molar-refractivity contribution in [2.24, 2.45) is 0 Å². The molecule has 0 spiro atoms. The summed E-state index contributed by atoms with van der Waals surface area (Å²) in [5, 5.41) is 40.0. The smallest absolute Gasteiger partial charge is 0.118 e. The van der Waals surface area contributed by atoms with Crippen molar-refractivity contribution in [3.05, 3.63) is 54.1 Å². The van der Waals surface area contributed by atoms with Crippen LogP contribution in [-0.2, 0) is 11.3 Å². The largest absolute Gasteiger partial charge is 0.497 e. The second kappa shape index (κ2) is 12.5. The van der Waals surface area contributed by atoms with E-state index in [0.29, 0.717) is 19.8 Å². The van der Waals surface area contributed by atoms with Crippen molar-refractivity contribution in [3.63, 3.8) is 0 Å². The molecule has 1 heterocycles. The lowest BCUT2D eigenvalue weighted by Gasteiger charge is -2.45. The van der Waals surface area contributed by atoms with Crippen LogP contribution in [0.3, 0.4) is 0 Å². The summed E-state index contributed by atoms with van der Waals surface area (Å²) in [5.41, 5.74) is 3.42. The average Bonchev–Trinajstić information content (AvgIpc) is 2.82. The van der Waals surface area contributed by atoms with Gasteiger partial charge in [-0.25, -0.2) is 0 Å². The number of aliphatic hydroxyl groups is 4. The Labute approximate surface area is 196 Å². The van der Waals surface area contributed by atoms with Crippen LogP contribution in [-0.4, -0.2) is 82.6 Å². The molecule has 4 N–H and O–H groups in total. The number of methoxy groups -OCH3 is 1. The first-order valence-electron chi connectivity index (χ1n) is 11.7. The van der Waals surface area contributed by atoms with E-state index in [9.17, 15) is 20.4 Å². The summed E-state index contributed by atoms with van der Waals surface area (Å²) < 4.78 is 11.0. The van der Waals surface area contributed by atoms with Gasteiger partial charge in [-0.3, -0.25) is 4.90 Å². The van der Waals surface area contributed by atoms with Crippen LogP contribution in [0.25, 0.3) is 11.1 Å². The topological polar surface area (TPSA) is 103 Å². The van der Waals surface area contributed by atoms with E-state index in [4.69, 9.17) is 9.47 Å². The molecule has 7 nitrogen and oxygen atoms in total. The highest BCUT2D eigenvalue weighted by Crippen LogP contribution is 2.24. The number of rotatable bonds is 11. The van der Waals surface area contributed by atoms with Gasteiger partial charge < -0.3 is 29.9 Å². The molecule has 2 aromatic rings. The van der Waals surface area contributed by atoms with Gasteiger partial charge >= 0.3 is 0 Å². The van der Waals surface area contributed by atoms with Crippen LogP contribution in [0, 0.1) is 0 Å². The minimum Gasteiger partial charge on any atom is -0.497 e. The molecule has 7 heteroatoms. The molecule has 1 fully saturated rings. The third-order valence-corrected chi connectivity index (χ3v) is 6.31. The normalized spacial score (nSPS) is 24.5. The molecule has 0 saturated carbocycles. The quantitative estimate of drug-likeness (QED) is 0.382. The molecule has 5 atom stereocenters. The van der Waals surface area contributed by atoms with Gasteiger partial charge in [-0.05, 0) is 61.6 Å². The molecule has 2 aromatic carbocycles. The van der Waals surface area contributed by atoms with Gasteiger partial charge in [-0.2, -0.15) is 0 Å². The third kappa shape index (κ3) is 6.99. The van der Waals surface area contributed by atoms with Crippen LogP contribution in [0.4, 0.5) is 0 Å². The molecular weight excluding hydrogens is 422 g/mol. The van der Waals surface area contributed by atoms with Crippen molar-refractivity contribution in [3.8, 4) is 16.9 Å². The average molecular weight is 460 g/mol. The van der Waals surface area contributed by atoms with Gasteiger partial charge in [0.05, 0.1) is 32.0 Å². The third-order valence-electron chi connectivity index (χ3n) is 6.31. The standard InChI is InChI=1S/C26H37NO6/c1-18(28)24-26(31)25(30)23(29)16-27(24)14-4-3-5-15-33-17-19-6-8-20(9-7-19)21-10-12-22(32-2)13-11-21/h6-13,18,23-26,28-31H,3-5,14-17H2,1-2H3/t18-,23+,24+,25-,26-/m1/s1. The van der Waals surface area contributed by atoms with Crippen molar-refractivity contribution in [2.75, 3.05) is 26.8 Å². The number of hydrogen-bond acceptors (Lipinski definition) is 7. The second-order valence-electron chi connectivity index (χ2n) is 8.81. The molecule has 0 radical (unpaired) electrons. The Morgan fingerprint density at radius 2 is 1.55 bits per heavy atom. The van der Waals surface area contributed by atoms with E-state index >= 15 is 0 Å². The fourth-order valence-corrected chi connectivity index (χ4v) is 4.41. The number of likely N-dealkylation sites (tertiary alicyclic amines) is 1. The maximum Gasteiger partial charge on any atom is 0.118 e. The molecular formula is C26H37NO6. The number of β-amino-alcohol motifs (C(OH)–C–C–N with tert-alkyl or cyclic N) is 1. The van der Waals surface area contributed by atoms with Crippen LogP contribution >= 0.6 is 0 Å². The summed E-state index contributed by atoms with van der Waals surface area (Å²) in [5.74, 6) is 0.844. The number of benzene rings is 2. The molecule has 0 unspecified atom stereocenters. The first-order valence-corrected chi connectivity index (χ1v) is 11.7. The van der Waals surface area contributed by atoms with Crippen LogP contribution in [0.5, 0.6) is 5.75 Å². The molecule has 182 valence electrons. The number of aliphatic hydroxyl groups excluding tert-OH is 4. The van der Waals surface area contributed by atoms with Crippen LogP contribution < -0.4 is 4.74 Å². The monoisotopic (exact) mass is 459 g/mol. The van der Waals surface area contributed by atoms with Crippen molar-refractivity contribution in [2.45, 2.75) is 63.3 Å². The zero-order valence-corrected chi connectivity index (χ0v) is 19.5. The second-order valence-corrected chi connectivity index (χ2v) is 8.81. The van der Waals surface area contributed by atoms with Gasteiger partial charge in [0.2, 0.25) is 0 Å². The number of nitrogens with zero attached hydrogens (tertiary/aromatic N) is 1. The lowest BCUT2D eigenvalue weighted by molar-refractivity contribution is -0.157. The first kappa shape index (κ1) is 25.6. The Kier molecular flexibility index (Phi) is 9.67. The van der Waals surface area contributed by atoms with Gasteiger partial charge in [0, 0.05) is 13.2 Å². The highest BCUT2D eigenvalue weighted by atomic mass is 16.5. The van der Waals surface area contributed by atoms with Crippen LogP contribution in [0.1, 0.15) is 31.7 Å². The van der Waals surface area contributed by atoms with E-state index in [2.05, 4.69) is 24.3 Å². The number of ether oxygens (including phenoxy) is 2. The fourth-order valence-electron chi connectivity index (χ4n) is 4.41. The molecule has 1 aliphatic heterocycles. The van der Waals surface area contributed by atoms with E-state index in [1.54, 1.807) is 14.0 Å². The fraction of sp³-hybridized carbons (Fsp3) is 0.538. The van der Waals surface area contributed by atoms with Crippen molar-refractivity contribution in [1.29, 1.82) is 0 Å². The van der Waals surface area contributed by atoms with Gasteiger partial charge in [0.1, 0.15) is 18.0 Å². The van der Waals surface area contributed by atoms with Gasteiger partial charge in [-0.1, -0.05) is 36.4 Å². The molecule has 0 aromatic heterocycles. The molecule has 0 bridgehead atoms. The predicted molar refractivity (Wildman–Crippen MR) is 127 cm³/mol. The number of hydrogen-bond donors (Lipinski definition) is 4. The van der Waals surface area contributed by atoms with Crippen molar-refractivity contribution in [1.82, 2.24) is 4.90 Å². The van der Waals surface area contributed by atoms with E-state index in [-0.39, 0.29) is 6.54 Å². The summed E-state index contributed by atoms with van der Waals surface area (Å²) in [6.07, 6.45) is -1.47. The lowest BCUT2D eigenvalue weighted by atomic mass is 9.90. The van der Waals surface area contributed by atoms with Gasteiger partial charge in [0.25, 0.3) is 0 Å². The molecule has 1 saturated heterocycles. The number of piperidine rings is 1. The Hall–Kier alpha value is -2.00. The maximum atomic E-state index is 10.2. The van der Waals surface area contributed by atoms with Crippen molar-refractivity contribution >= 4 is 0 Å². The van der Waals surface area contributed by atoms with Crippen molar-refractivity contribution < 1.29 is 29.9 Å². The summed E-state index contributed by atoms with van der Waals surface area (Å²) in [4.78, 5) is 1.87. The minimum absolute atomic E-state index is 0.247. The van der Waals surface area contributed by atoms with Gasteiger partial charge in [0.15, 0.2) is 0 Å². The Bertz CT molecular complexity index is 826. The SMILES string of the molecule is COc1ccc(-c2ccc(COCCCCCN3C[C@H](O)[C@@H](O)[C@H](O)[C@@H]3[C@@H](C)O)cc2)cc1. The summed E-state index contributed by atoms with van der Waals surface area (Å²) in [6, 6.07) is 15.8. The molecule has 0 amide bonds. The molecule has 0 aliphatic carbocycles. The molecule has 3 rings (SSSR count). The summed E-state index contributed by atoms with van der Waals surface area (Å²) >= 11 is 0. The minimum atomic E-state index is -1.22. The highest BCUT2D eigenvalue weighted by Gasteiger charge is 2.43. The van der Waals surface area contributed by atoms with Crippen LogP contribution in [0.15, 0.2) is 48.5 Å². The maximum absolute atomic E-state index is 10.2. The van der Waals surface area contributed by atoms with E-state index in [0.717, 1.165) is 41.7 Å². The van der Waals surface area contributed by atoms with E-state index < -0.39 is 30.5 Å². The molecule has 1 aliphatic rings. The predicted octanol–water partition coefficient (Wildman–Crippen LogP) is 2.20. The summed E-state index contributed by atoms with van der Waals surface area (Å²) in [7, 11) is 1.66.